The van der Waals surface area contributed by atoms with Gasteiger partial charge in [0, 0.05) is 38.2 Å². The molecule has 7 N–H and O–H groups in total. The molecule has 18 nitrogen and oxygen atoms in total. The van der Waals surface area contributed by atoms with Gasteiger partial charge >= 0.3 is 12.1 Å². The molecular weight excluding hydrogens is 820 g/mol. The lowest BCUT2D eigenvalue weighted by molar-refractivity contribution is -0.261. The lowest BCUT2D eigenvalue weighted by Gasteiger charge is -2.41. The van der Waals surface area contributed by atoms with Crippen LogP contribution < -0.4 is 30.7 Å². The van der Waals surface area contributed by atoms with Crippen molar-refractivity contribution in [2.24, 2.45) is 0 Å². The average Bonchev–Trinajstić information content (AvgIpc) is 3.21. The van der Waals surface area contributed by atoms with E-state index in [0.29, 0.717) is 57.2 Å². The summed E-state index contributed by atoms with van der Waals surface area (Å²) in [6.45, 7) is 5.12. The number of carbonyl (C=O) groups is 5. The number of anilines is 1. The summed E-state index contributed by atoms with van der Waals surface area (Å²) in [6.07, 6.45) is -0.873. The van der Waals surface area contributed by atoms with E-state index in [2.05, 4.69) is 21.3 Å². The van der Waals surface area contributed by atoms with Crippen molar-refractivity contribution in [3.05, 3.63) is 52.5 Å². The van der Waals surface area contributed by atoms with E-state index < -0.39 is 66.9 Å². The number of amides is 4. The molecule has 3 rings (SSSR count). The molecule has 0 aliphatic carbocycles. The number of hydrogen-bond acceptors (Lipinski definition) is 14. The van der Waals surface area contributed by atoms with E-state index in [1.807, 2.05) is 6.07 Å². The van der Waals surface area contributed by atoms with Crippen LogP contribution in [0.1, 0.15) is 94.5 Å². The molecule has 0 bridgehead atoms. The number of aliphatic hydroxyl groups excluding tert-OH is 3. The first kappa shape index (κ1) is 50.6. The fourth-order valence-corrected chi connectivity index (χ4v) is 6.56. The lowest BCUT2D eigenvalue weighted by atomic mass is 9.96. The maximum Gasteiger partial charge on any atom is 0.408 e. The highest BCUT2D eigenvalue weighted by Gasteiger charge is 2.45. The summed E-state index contributed by atoms with van der Waals surface area (Å²) in [6, 6.07) is 7.86. The molecule has 1 aliphatic heterocycles. The van der Waals surface area contributed by atoms with Gasteiger partial charge in [0.1, 0.15) is 54.1 Å². The second-order valence-corrected chi connectivity index (χ2v) is 15.9. The molecule has 0 saturated carbocycles. The summed E-state index contributed by atoms with van der Waals surface area (Å²) in [7, 11) is 3.90. The minimum absolute atomic E-state index is 0.0141. The Morgan fingerprint density at radius 1 is 0.885 bits per heavy atom. The Balaban J connectivity index is 1.36. The largest absolute Gasteiger partial charge is 0.496 e. The first-order valence-corrected chi connectivity index (χ1v) is 20.6. The Morgan fingerprint density at radius 2 is 1.59 bits per heavy atom. The minimum atomic E-state index is -1.51. The van der Waals surface area contributed by atoms with E-state index in [4.69, 9.17) is 40.0 Å². The number of alkyl carbamates (subject to hydrolysis) is 1. The van der Waals surface area contributed by atoms with Gasteiger partial charge in [0.15, 0.2) is 6.29 Å². The highest BCUT2D eigenvalue weighted by atomic mass is 35.5. The van der Waals surface area contributed by atoms with Crippen molar-refractivity contribution in [3.63, 3.8) is 0 Å². The Labute approximate surface area is 361 Å². The van der Waals surface area contributed by atoms with Gasteiger partial charge in [-0.2, -0.15) is 0 Å². The summed E-state index contributed by atoms with van der Waals surface area (Å²) in [4.78, 5) is 62.4. The van der Waals surface area contributed by atoms with Gasteiger partial charge in [-0.3, -0.25) is 14.4 Å². The molecule has 6 atom stereocenters. The van der Waals surface area contributed by atoms with Gasteiger partial charge < -0.3 is 65.0 Å². The van der Waals surface area contributed by atoms with E-state index in [9.17, 15) is 39.3 Å². The van der Waals surface area contributed by atoms with Crippen LogP contribution in [0.5, 0.6) is 11.5 Å². The van der Waals surface area contributed by atoms with Crippen molar-refractivity contribution in [1.82, 2.24) is 16.0 Å². The van der Waals surface area contributed by atoms with Crippen molar-refractivity contribution in [2.75, 3.05) is 39.8 Å². The van der Waals surface area contributed by atoms with E-state index in [-0.39, 0.29) is 40.5 Å². The molecule has 2 aromatic rings. The van der Waals surface area contributed by atoms with Crippen LogP contribution in [0.25, 0.3) is 0 Å². The normalized spacial score (nSPS) is 19.2. The van der Waals surface area contributed by atoms with Crippen LogP contribution in [0.2, 0.25) is 5.02 Å². The summed E-state index contributed by atoms with van der Waals surface area (Å²) in [5, 5.41) is 41.3. The fourth-order valence-electron chi connectivity index (χ4n) is 6.34. The molecule has 1 saturated heterocycles. The zero-order valence-electron chi connectivity index (χ0n) is 35.6. The summed E-state index contributed by atoms with van der Waals surface area (Å²) in [5.74, 6) is -1.17. The van der Waals surface area contributed by atoms with Crippen LogP contribution in [0.15, 0.2) is 36.4 Å². The molecule has 2 aromatic carbocycles. The number of aliphatic hydroxyl groups is 3. The Bertz CT molecular complexity index is 1760. The molecule has 4 amide bonds. The number of carbonyl (C=O) groups excluding carboxylic acids is 5. The zero-order valence-corrected chi connectivity index (χ0v) is 36.4. The maximum atomic E-state index is 13.3. The molecule has 1 fully saturated rings. The molecular formula is C42H61ClN4O14. The lowest BCUT2D eigenvalue weighted by Crippen LogP contribution is -2.64. The smallest absolute Gasteiger partial charge is 0.408 e. The summed E-state index contributed by atoms with van der Waals surface area (Å²) in [5.41, 5.74) is 0.620. The number of esters is 1. The van der Waals surface area contributed by atoms with Gasteiger partial charge in [0.05, 0.1) is 31.4 Å². The topological polar surface area (TPSA) is 250 Å². The molecule has 61 heavy (non-hydrogen) atoms. The van der Waals surface area contributed by atoms with Crippen molar-refractivity contribution in [3.8, 4) is 11.5 Å². The number of rotatable bonds is 23. The second kappa shape index (κ2) is 25.3. The van der Waals surface area contributed by atoms with Crippen LogP contribution in [0, 0.1) is 0 Å². The Hall–Kier alpha value is -4.72. The van der Waals surface area contributed by atoms with Crippen molar-refractivity contribution in [2.45, 2.75) is 127 Å². The van der Waals surface area contributed by atoms with Gasteiger partial charge in [0.25, 0.3) is 5.91 Å². The van der Waals surface area contributed by atoms with Gasteiger partial charge in [-0.15, -0.1) is 0 Å². The summed E-state index contributed by atoms with van der Waals surface area (Å²) >= 11 is 6.50. The number of hydrogen-bond donors (Lipinski definition) is 7. The predicted octanol–water partition coefficient (Wildman–Crippen LogP) is 3.74. The van der Waals surface area contributed by atoms with Gasteiger partial charge in [-0.05, 0) is 76.6 Å². The van der Waals surface area contributed by atoms with Crippen molar-refractivity contribution in [1.29, 1.82) is 0 Å². The van der Waals surface area contributed by atoms with Crippen LogP contribution in [0.4, 0.5) is 10.5 Å². The molecule has 19 heteroatoms. The Morgan fingerprint density at radius 3 is 2.23 bits per heavy atom. The monoisotopic (exact) mass is 880 g/mol. The van der Waals surface area contributed by atoms with Gasteiger partial charge in [-0.1, -0.05) is 36.6 Å². The van der Waals surface area contributed by atoms with Gasteiger partial charge in [-0.25, -0.2) is 9.59 Å². The van der Waals surface area contributed by atoms with E-state index in [1.165, 1.54) is 33.5 Å². The first-order valence-electron chi connectivity index (χ1n) is 20.2. The molecule has 340 valence electrons. The molecule has 0 radical (unpaired) electrons. The zero-order chi connectivity index (χ0) is 45.1. The van der Waals surface area contributed by atoms with E-state index in [1.54, 1.807) is 39.0 Å². The van der Waals surface area contributed by atoms with Crippen LogP contribution in [-0.4, -0.2) is 122 Å². The minimum Gasteiger partial charge on any atom is -0.496 e. The number of benzene rings is 2. The third kappa shape index (κ3) is 16.9. The van der Waals surface area contributed by atoms with Crippen LogP contribution in [-0.2, 0) is 39.9 Å². The highest BCUT2D eigenvalue weighted by Crippen LogP contribution is 2.34. The van der Waals surface area contributed by atoms with Crippen molar-refractivity contribution < 1.29 is 67.7 Å². The maximum absolute atomic E-state index is 13.3. The SMILES string of the molecule is COC(=O)[C@H](CCCCNC(=O)CCCCCCC(=O)Nc1cccc(COc2cc(OC)c(C(=O)N[C@H]3[C@@H](OC)O[C@H](CO)[C@@H](O)[C@@H]3O)cc2Cl)c1)NC(=O)OC(C)(C)C. The number of unbranched alkanes of at least 4 members (excludes halogenated alkanes) is 4. The van der Waals surface area contributed by atoms with Gasteiger partial charge in [0.2, 0.25) is 11.8 Å². The number of nitrogens with one attached hydrogen (secondary N) is 4. The standard InChI is InChI=1S/C42H61ClN4O14/c1-42(2,3)61-41(55)46-29(39(54)57-5)16-11-12-19-44-33(49)17-9-7-8-10-18-34(50)45-26-15-13-14-25(20-26)24-59-31-22-30(56-4)27(21-28(31)43)38(53)47-35-37(52)36(51)32(23-48)60-40(35)58-6/h13-15,20-22,29,32,35-37,40,48,51-52H,7-12,16-19,23-24H2,1-6H3,(H,44,49)(H,45,50)(H,46,55)(H,47,53)/t29-,32+,35+,36+,37+,40-/m0/s1. The third-order valence-corrected chi connectivity index (χ3v) is 9.79. The van der Waals surface area contributed by atoms with E-state index in [0.717, 1.165) is 18.4 Å². The molecule has 0 unspecified atom stereocenters. The predicted molar refractivity (Wildman–Crippen MR) is 223 cm³/mol. The molecule has 0 aromatic heterocycles. The molecule has 1 heterocycles. The fraction of sp³-hybridized carbons (Fsp3) is 0.595. The second-order valence-electron chi connectivity index (χ2n) is 15.4. The van der Waals surface area contributed by atoms with Crippen LogP contribution in [0.3, 0.4) is 0 Å². The summed E-state index contributed by atoms with van der Waals surface area (Å²) < 4.78 is 32.0. The van der Waals surface area contributed by atoms with Crippen molar-refractivity contribution >= 4 is 47.1 Å². The molecule has 0 spiro atoms. The Kier molecular flexibility index (Phi) is 21.0. The van der Waals surface area contributed by atoms with Crippen LogP contribution >= 0.6 is 11.6 Å². The number of halogens is 1. The quantitative estimate of drug-likeness (QED) is 0.0621. The van der Waals surface area contributed by atoms with E-state index >= 15 is 0 Å². The first-order chi connectivity index (χ1) is 29.0. The number of methoxy groups -OCH3 is 3. The molecule has 1 aliphatic rings. The highest BCUT2D eigenvalue weighted by molar-refractivity contribution is 6.32. The third-order valence-electron chi connectivity index (χ3n) is 9.49. The average molecular weight is 881 g/mol. The number of ether oxygens (including phenoxy) is 6.